The van der Waals surface area contributed by atoms with Gasteiger partial charge in [-0.3, -0.25) is 18.3 Å². The number of nitrogens with zero attached hydrogens (tertiary/aromatic N) is 9. The van der Waals surface area contributed by atoms with E-state index in [2.05, 4.69) is 31.4 Å². The molecule has 256 valence electrons. The maximum atomic E-state index is 13.6. The molecular formula is C32H30N10O6S2. The van der Waals surface area contributed by atoms with Gasteiger partial charge >= 0.3 is 0 Å². The highest BCUT2D eigenvalue weighted by molar-refractivity contribution is 7.89. The average Bonchev–Trinajstić information content (AvgIpc) is 3.76. The lowest BCUT2D eigenvalue weighted by molar-refractivity contribution is -0.113. The van der Waals surface area contributed by atoms with Crippen LogP contribution in [0.2, 0.25) is 0 Å². The van der Waals surface area contributed by atoms with E-state index in [4.69, 9.17) is 4.74 Å². The van der Waals surface area contributed by atoms with Crippen molar-refractivity contribution in [2.45, 2.75) is 30.5 Å². The van der Waals surface area contributed by atoms with E-state index < -0.39 is 31.5 Å². The van der Waals surface area contributed by atoms with Crippen LogP contribution < -0.4 is 5.32 Å². The summed E-state index contributed by atoms with van der Waals surface area (Å²) in [5.74, 6) is -0.476. The van der Waals surface area contributed by atoms with E-state index in [1.165, 1.54) is 29.9 Å². The quantitative estimate of drug-likeness (QED) is 0.223. The highest BCUT2D eigenvalue weighted by atomic mass is 32.2. The average molecular weight is 715 g/mol. The molecule has 5 aromatic rings. The molecule has 0 spiro atoms. The number of benzene rings is 1. The van der Waals surface area contributed by atoms with Gasteiger partial charge in [-0.2, -0.15) is 14.7 Å². The minimum absolute atomic E-state index is 0.0121. The van der Waals surface area contributed by atoms with E-state index in [0.29, 0.717) is 22.3 Å². The zero-order valence-corrected chi connectivity index (χ0v) is 28.5. The maximum absolute atomic E-state index is 13.6. The van der Waals surface area contributed by atoms with Crippen LogP contribution in [-0.2, 0) is 41.8 Å². The second-order valence-corrected chi connectivity index (χ2v) is 15.9. The van der Waals surface area contributed by atoms with Crippen LogP contribution in [-0.4, -0.2) is 86.5 Å². The number of fused-ring (bicyclic) bond motifs is 2. The Morgan fingerprint density at radius 2 is 1.88 bits per heavy atom. The first-order valence-corrected chi connectivity index (χ1v) is 18.4. The van der Waals surface area contributed by atoms with Gasteiger partial charge in [0.15, 0.2) is 18.2 Å². The van der Waals surface area contributed by atoms with Crippen molar-refractivity contribution in [1.29, 1.82) is 5.26 Å². The third-order valence-corrected chi connectivity index (χ3v) is 12.4. The molecule has 1 aromatic carbocycles. The number of aromatic nitrogens is 6. The molecule has 0 atom stereocenters. The zero-order chi connectivity index (χ0) is 35.3. The molecular weight excluding hydrogens is 685 g/mol. The van der Waals surface area contributed by atoms with Gasteiger partial charge in [-0.1, -0.05) is 18.2 Å². The molecule has 1 fully saturated rings. The van der Waals surface area contributed by atoms with Crippen LogP contribution in [0.3, 0.4) is 0 Å². The van der Waals surface area contributed by atoms with Crippen molar-refractivity contribution >= 4 is 48.6 Å². The Morgan fingerprint density at radius 3 is 2.62 bits per heavy atom. The summed E-state index contributed by atoms with van der Waals surface area (Å²) < 4.78 is 63.6. The Kier molecular flexibility index (Phi) is 8.13. The van der Waals surface area contributed by atoms with E-state index in [9.17, 15) is 26.9 Å². The third-order valence-electron chi connectivity index (χ3n) is 8.78. The van der Waals surface area contributed by atoms with Crippen molar-refractivity contribution in [2.24, 2.45) is 0 Å². The van der Waals surface area contributed by atoms with Crippen LogP contribution in [0.4, 0.5) is 5.82 Å². The molecule has 18 heteroatoms. The van der Waals surface area contributed by atoms with E-state index in [1.807, 2.05) is 0 Å². The fourth-order valence-electron chi connectivity index (χ4n) is 6.07. The van der Waals surface area contributed by atoms with Crippen LogP contribution in [0.25, 0.3) is 28.0 Å². The highest BCUT2D eigenvalue weighted by Crippen LogP contribution is 2.38. The number of anilines is 1. The number of hydrogen-bond acceptors (Lipinski definition) is 11. The van der Waals surface area contributed by atoms with Gasteiger partial charge in [-0.15, -0.1) is 0 Å². The van der Waals surface area contributed by atoms with Crippen molar-refractivity contribution in [3.63, 3.8) is 0 Å². The van der Waals surface area contributed by atoms with E-state index in [0.717, 1.165) is 4.31 Å². The SMILES string of the molecule is CCS(=O)(=O)N1CC(CC#N)(n2cc(-c3ncnc4c3ccn4COC3=C(C(=O)Nc4ccccn4)N(C)S(=O)(=O)c4ccccc43)cn2)C1. The van der Waals surface area contributed by atoms with Crippen LogP contribution in [0, 0.1) is 11.3 Å². The largest absolute Gasteiger partial charge is 0.470 e. The topological polar surface area (TPSA) is 198 Å². The molecule has 6 heterocycles. The number of amides is 1. The molecule has 0 saturated carbocycles. The Morgan fingerprint density at radius 1 is 1.10 bits per heavy atom. The number of pyridine rings is 1. The van der Waals surface area contributed by atoms with Gasteiger partial charge in [0.2, 0.25) is 10.0 Å². The minimum atomic E-state index is -4.08. The van der Waals surface area contributed by atoms with Gasteiger partial charge in [-0.05, 0) is 37.3 Å². The summed E-state index contributed by atoms with van der Waals surface area (Å²) in [5.41, 5.74) is 0.877. The summed E-state index contributed by atoms with van der Waals surface area (Å²) >= 11 is 0. The smallest absolute Gasteiger partial charge is 0.277 e. The number of carbonyl (C=O) groups excluding carboxylic acids is 1. The Hall–Kier alpha value is -5.64. The molecule has 1 saturated heterocycles. The first kappa shape index (κ1) is 32.9. The molecule has 2 aliphatic rings. The summed E-state index contributed by atoms with van der Waals surface area (Å²) in [5, 5.41) is 17.3. The van der Waals surface area contributed by atoms with Crippen molar-refractivity contribution in [2.75, 3.05) is 31.2 Å². The molecule has 4 aromatic heterocycles. The van der Waals surface area contributed by atoms with Gasteiger partial charge in [-0.25, -0.2) is 31.8 Å². The Bertz CT molecular complexity index is 2430. The van der Waals surface area contributed by atoms with E-state index in [-0.39, 0.29) is 59.7 Å². The second kappa shape index (κ2) is 12.4. The summed E-state index contributed by atoms with van der Waals surface area (Å²) in [6, 6.07) is 15.2. The monoisotopic (exact) mass is 714 g/mol. The summed E-state index contributed by atoms with van der Waals surface area (Å²) in [4.78, 5) is 26.7. The van der Waals surface area contributed by atoms with Crippen molar-refractivity contribution in [3.05, 3.63) is 90.9 Å². The fourth-order valence-corrected chi connectivity index (χ4v) is 8.70. The third kappa shape index (κ3) is 5.45. The number of likely N-dealkylation sites (N-methyl/N-ethyl adjacent to an activating group) is 1. The number of carbonyl (C=O) groups is 1. The van der Waals surface area contributed by atoms with E-state index in [1.54, 1.807) is 77.2 Å². The van der Waals surface area contributed by atoms with Crippen LogP contribution in [0.1, 0.15) is 18.9 Å². The molecule has 0 radical (unpaired) electrons. The van der Waals surface area contributed by atoms with Gasteiger partial charge in [0.25, 0.3) is 15.9 Å². The molecule has 1 amide bonds. The minimum Gasteiger partial charge on any atom is -0.470 e. The predicted octanol–water partition coefficient (Wildman–Crippen LogP) is 2.58. The zero-order valence-electron chi connectivity index (χ0n) is 26.8. The molecule has 0 aliphatic carbocycles. The number of nitriles is 1. The van der Waals surface area contributed by atoms with Crippen molar-refractivity contribution in [3.8, 4) is 17.3 Å². The molecule has 7 rings (SSSR count). The van der Waals surface area contributed by atoms with Crippen molar-refractivity contribution < 1.29 is 26.4 Å². The Labute approximate surface area is 287 Å². The fraction of sp³-hybridized carbons (Fsp3) is 0.250. The lowest BCUT2D eigenvalue weighted by atomic mass is 9.89. The van der Waals surface area contributed by atoms with Gasteiger partial charge in [0.1, 0.15) is 23.3 Å². The van der Waals surface area contributed by atoms with Gasteiger partial charge < -0.3 is 10.1 Å². The molecule has 0 unspecified atom stereocenters. The van der Waals surface area contributed by atoms with E-state index >= 15 is 0 Å². The number of nitrogens with one attached hydrogen (secondary N) is 1. The molecule has 50 heavy (non-hydrogen) atoms. The van der Waals surface area contributed by atoms with Crippen LogP contribution in [0.15, 0.2) is 90.2 Å². The maximum Gasteiger partial charge on any atom is 0.277 e. The number of ether oxygens (including phenoxy) is 1. The lowest BCUT2D eigenvalue weighted by Crippen LogP contribution is -2.64. The number of sulfonamides is 2. The van der Waals surface area contributed by atoms with Crippen molar-refractivity contribution in [1.82, 2.24) is 37.9 Å². The highest BCUT2D eigenvalue weighted by Gasteiger charge is 2.49. The lowest BCUT2D eigenvalue weighted by Gasteiger charge is -2.47. The standard InChI is InChI=1S/C32H30N10O6S2/c1-3-49(44,45)41-18-32(19-41,12-13-33)42-17-22(16-37-42)27-24-11-15-40(30(24)36-20-35-27)21-48-29-23-8-4-5-9-25(23)50(46,47)39(2)28(29)31(43)38-26-10-6-7-14-34-26/h4-11,14-17,20H,3,12,18-19,21H2,1-2H3,(H,34,38,43). The molecule has 16 nitrogen and oxygen atoms in total. The van der Waals surface area contributed by atoms with Gasteiger partial charge in [0, 0.05) is 55.2 Å². The first-order valence-electron chi connectivity index (χ1n) is 15.4. The summed E-state index contributed by atoms with van der Waals surface area (Å²) in [6.07, 6.45) is 8.05. The summed E-state index contributed by atoms with van der Waals surface area (Å²) in [7, 11) is -6.19. The molecule has 2 aliphatic heterocycles. The molecule has 0 bridgehead atoms. The predicted molar refractivity (Wildman–Crippen MR) is 180 cm³/mol. The number of rotatable bonds is 10. The van der Waals surface area contributed by atoms with Gasteiger partial charge in [0.05, 0.1) is 35.0 Å². The first-order chi connectivity index (χ1) is 24.0. The summed E-state index contributed by atoms with van der Waals surface area (Å²) in [6.45, 7) is 1.71. The molecule has 1 N–H and O–H groups in total. The second-order valence-electron chi connectivity index (χ2n) is 11.7. The van der Waals surface area contributed by atoms with Crippen LogP contribution >= 0.6 is 0 Å². The van der Waals surface area contributed by atoms with Crippen LogP contribution in [0.5, 0.6) is 0 Å². The Balaban J connectivity index is 1.21. The normalized spacial score (nSPS) is 16.8. The number of hydrogen-bond donors (Lipinski definition) is 1.